The van der Waals surface area contributed by atoms with Crippen molar-refractivity contribution >= 4 is 15.9 Å². The third-order valence-electron chi connectivity index (χ3n) is 5.29. The fraction of sp³-hybridized carbons (Fsp3) is 0.500. The van der Waals surface area contributed by atoms with Crippen LogP contribution < -0.4 is 14.8 Å². The third kappa shape index (κ3) is 4.59. The first-order valence-electron chi connectivity index (χ1n) is 9.78. The van der Waals surface area contributed by atoms with Gasteiger partial charge in [0.05, 0.1) is 32.0 Å². The van der Waals surface area contributed by atoms with Crippen LogP contribution in [-0.2, 0) is 21.2 Å². The number of nitrogens with zero attached hydrogens (tertiary/aromatic N) is 2. The Morgan fingerprint density at radius 3 is 2.43 bits per heavy atom. The van der Waals surface area contributed by atoms with E-state index in [1.165, 1.54) is 4.31 Å². The van der Waals surface area contributed by atoms with Crippen LogP contribution in [0.2, 0.25) is 0 Å². The Morgan fingerprint density at radius 2 is 1.87 bits per heavy atom. The maximum Gasteiger partial charge on any atom is 0.246 e. The van der Waals surface area contributed by atoms with Crippen molar-refractivity contribution in [3.8, 4) is 11.5 Å². The number of benzene rings is 1. The number of H-pyrrole nitrogens is 1. The summed E-state index contributed by atoms with van der Waals surface area (Å²) in [6.07, 6.45) is 1.34. The van der Waals surface area contributed by atoms with Crippen LogP contribution >= 0.6 is 0 Å². The predicted octanol–water partition coefficient (Wildman–Crippen LogP) is 1.56. The molecule has 3 rings (SSSR count). The molecule has 30 heavy (non-hydrogen) atoms. The molecule has 0 spiro atoms. The van der Waals surface area contributed by atoms with Crippen molar-refractivity contribution in [1.82, 2.24) is 19.8 Å². The zero-order valence-corrected chi connectivity index (χ0v) is 18.5. The molecule has 164 valence electrons. The number of hydrogen-bond donors (Lipinski definition) is 2. The van der Waals surface area contributed by atoms with E-state index < -0.39 is 10.0 Å². The zero-order valence-electron chi connectivity index (χ0n) is 17.7. The Hall–Kier alpha value is -2.59. The maximum absolute atomic E-state index is 12.9. The van der Waals surface area contributed by atoms with E-state index in [9.17, 15) is 13.2 Å². The highest BCUT2D eigenvalue weighted by molar-refractivity contribution is 7.89. The number of methoxy groups -OCH3 is 2. The molecule has 0 aliphatic carbocycles. The number of hydrogen-bond acceptors (Lipinski definition) is 6. The Labute approximate surface area is 176 Å². The van der Waals surface area contributed by atoms with E-state index in [2.05, 4.69) is 15.5 Å². The second kappa shape index (κ2) is 9.05. The van der Waals surface area contributed by atoms with Crippen molar-refractivity contribution in [2.75, 3.05) is 27.3 Å². The summed E-state index contributed by atoms with van der Waals surface area (Å²) in [5.41, 5.74) is 1.83. The van der Waals surface area contributed by atoms with E-state index in [-0.39, 0.29) is 23.3 Å². The minimum Gasteiger partial charge on any atom is -0.493 e. The van der Waals surface area contributed by atoms with E-state index >= 15 is 0 Å². The molecular weight excluding hydrogens is 408 g/mol. The van der Waals surface area contributed by atoms with Gasteiger partial charge in [-0.1, -0.05) is 6.07 Å². The summed E-state index contributed by atoms with van der Waals surface area (Å²) in [6.45, 7) is 4.09. The minimum absolute atomic E-state index is 0.0596. The van der Waals surface area contributed by atoms with Crippen molar-refractivity contribution in [1.29, 1.82) is 0 Å². The molecule has 0 radical (unpaired) electrons. The van der Waals surface area contributed by atoms with Crippen molar-refractivity contribution in [3.05, 3.63) is 35.2 Å². The number of carbonyl (C=O) groups excluding carboxylic acids is 1. The number of sulfonamides is 1. The molecule has 2 aromatic rings. The first kappa shape index (κ1) is 22.1. The monoisotopic (exact) mass is 436 g/mol. The molecular formula is C20H28N4O5S. The first-order chi connectivity index (χ1) is 14.3. The fourth-order valence-corrected chi connectivity index (χ4v) is 5.55. The number of ether oxygens (including phenoxy) is 2. The van der Waals surface area contributed by atoms with Crippen molar-refractivity contribution < 1.29 is 22.7 Å². The molecule has 1 aliphatic rings. The molecule has 0 atom stereocenters. The van der Waals surface area contributed by atoms with Gasteiger partial charge in [-0.15, -0.1) is 0 Å². The molecule has 1 aliphatic heterocycles. The largest absolute Gasteiger partial charge is 0.493 e. The standard InChI is InChI=1S/C20H28N4O5S/c1-13-20(14(2)23-22-13)30(26,27)24-9-7-16(8-10-24)21-19(25)12-15-5-6-17(28-3)18(11-15)29-4/h5-6,11,16H,7-10,12H2,1-4H3,(H,21,25)(H,22,23). The highest BCUT2D eigenvalue weighted by atomic mass is 32.2. The lowest BCUT2D eigenvalue weighted by Crippen LogP contribution is -2.47. The van der Waals surface area contributed by atoms with Gasteiger partial charge in [-0.3, -0.25) is 9.89 Å². The lowest BCUT2D eigenvalue weighted by Gasteiger charge is -2.31. The molecule has 1 saturated heterocycles. The molecule has 9 nitrogen and oxygen atoms in total. The van der Waals surface area contributed by atoms with Crippen molar-refractivity contribution in [2.24, 2.45) is 0 Å². The molecule has 0 bridgehead atoms. The highest BCUT2D eigenvalue weighted by Crippen LogP contribution is 2.28. The second-order valence-corrected chi connectivity index (χ2v) is 9.25. The molecule has 2 N–H and O–H groups in total. The minimum atomic E-state index is -3.59. The van der Waals surface area contributed by atoms with E-state index in [0.29, 0.717) is 48.8 Å². The number of aromatic amines is 1. The smallest absolute Gasteiger partial charge is 0.246 e. The molecule has 0 saturated carbocycles. The van der Waals surface area contributed by atoms with E-state index in [1.54, 1.807) is 40.2 Å². The average molecular weight is 437 g/mol. The van der Waals surface area contributed by atoms with Gasteiger partial charge in [-0.2, -0.15) is 9.40 Å². The molecule has 1 aromatic carbocycles. The van der Waals surface area contributed by atoms with Crippen LogP contribution in [0, 0.1) is 13.8 Å². The Morgan fingerprint density at radius 1 is 1.20 bits per heavy atom. The van der Waals surface area contributed by atoms with Crippen LogP contribution in [0.15, 0.2) is 23.1 Å². The lowest BCUT2D eigenvalue weighted by molar-refractivity contribution is -0.121. The van der Waals surface area contributed by atoms with Gasteiger partial charge in [-0.25, -0.2) is 8.42 Å². The fourth-order valence-electron chi connectivity index (χ4n) is 3.75. The van der Waals surface area contributed by atoms with Crippen LogP contribution in [0.5, 0.6) is 11.5 Å². The van der Waals surface area contributed by atoms with Gasteiger partial charge in [0.25, 0.3) is 0 Å². The van der Waals surface area contributed by atoms with Gasteiger partial charge in [0.15, 0.2) is 11.5 Å². The van der Waals surface area contributed by atoms with Gasteiger partial charge < -0.3 is 14.8 Å². The van der Waals surface area contributed by atoms with Crippen LogP contribution in [0.25, 0.3) is 0 Å². The lowest BCUT2D eigenvalue weighted by atomic mass is 10.1. The Balaban J connectivity index is 1.56. The maximum atomic E-state index is 12.9. The van der Waals surface area contributed by atoms with Crippen LogP contribution in [0.3, 0.4) is 0 Å². The highest BCUT2D eigenvalue weighted by Gasteiger charge is 2.33. The summed E-state index contributed by atoms with van der Waals surface area (Å²) in [7, 11) is -0.481. The number of aryl methyl sites for hydroxylation is 2. The van der Waals surface area contributed by atoms with Gasteiger partial charge in [0.1, 0.15) is 4.90 Å². The average Bonchev–Trinajstić information content (AvgIpc) is 3.07. The number of carbonyl (C=O) groups is 1. The summed E-state index contributed by atoms with van der Waals surface area (Å²) in [4.78, 5) is 12.7. The van der Waals surface area contributed by atoms with E-state index in [0.717, 1.165) is 5.56 Å². The summed E-state index contributed by atoms with van der Waals surface area (Å²) in [6, 6.07) is 5.31. The molecule has 1 aromatic heterocycles. The summed E-state index contributed by atoms with van der Waals surface area (Å²) in [5.74, 6) is 1.08. The van der Waals surface area contributed by atoms with Gasteiger partial charge in [0.2, 0.25) is 15.9 Å². The molecule has 0 unspecified atom stereocenters. The van der Waals surface area contributed by atoms with Gasteiger partial charge in [-0.05, 0) is 44.4 Å². The van der Waals surface area contributed by atoms with Crippen LogP contribution in [0.1, 0.15) is 29.8 Å². The number of nitrogens with one attached hydrogen (secondary N) is 2. The summed E-state index contributed by atoms with van der Waals surface area (Å²) in [5, 5.41) is 9.73. The number of rotatable bonds is 7. The second-order valence-electron chi connectivity index (χ2n) is 7.38. The first-order valence-corrected chi connectivity index (χ1v) is 11.2. The quantitative estimate of drug-likeness (QED) is 0.681. The number of aromatic nitrogens is 2. The topological polar surface area (TPSA) is 114 Å². The molecule has 10 heteroatoms. The third-order valence-corrected chi connectivity index (χ3v) is 7.45. The van der Waals surface area contributed by atoms with Crippen LogP contribution in [-0.4, -0.2) is 62.2 Å². The normalized spacial score (nSPS) is 15.7. The van der Waals surface area contributed by atoms with Crippen molar-refractivity contribution in [2.45, 2.75) is 44.0 Å². The molecule has 1 amide bonds. The van der Waals surface area contributed by atoms with Gasteiger partial charge >= 0.3 is 0 Å². The van der Waals surface area contributed by atoms with E-state index in [1.807, 2.05) is 6.07 Å². The number of piperidine rings is 1. The molecule has 1 fully saturated rings. The zero-order chi connectivity index (χ0) is 21.9. The van der Waals surface area contributed by atoms with Crippen molar-refractivity contribution in [3.63, 3.8) is 0 Å². The Bertz CT molecular complexity index is 991. The van der Waals surface area contributed by atoms with Crippen LogP contribution in [0.4, 0.5) is 0 Å². The number of amides is 1. The predicted molar refractivity (Wildman–Crippen MR) is 111 cm³/mol. The SMILES string of the molecule is COc1ccc(CC(=O)NC2CCN(S(=O)(=O)c3c(C)n[nH]c3C)CC2)cc1OC. The summed E-state index contributed by atoms with van der Waals surface area (Å²) < 4.78 is 37.8. The summed E-state index contributed by atoms with van der Waals surface area (Å²) >= 11 is 0. The van der Waals surface area contributed by atoms with E-state index in [4.69, 9.17) is 9.47 Å². The Kier molecular flexibility index (Phi) is 6.67. The van der Waals surface area contributed by atoms with Gasteiger partial charge in [0, 0.05) is 19.1 Å². The molecule has 2 heterocycles.